The summed E-state index contributed by atoms with van der Waals surface area (Å²) < 4.78 is 10.4. The van der Waals surface area contributed by atoms with E-state index in [1.54, 1.807) is 42.3 Å². The Bertz CT molecular complexity index is 838. The summed E-state index contributed by atoms with van der Waals surface area (Å²) in [6.07, 6.45) is 2.48. The highest BCUT2D eigenvalue weighted by Crippen LogP contribution is 2.29. The van der Waals surface area contributed by atoms with Gasteiger partial charge in [0.1, 0.15) is 11.5 Å². The highest BCUT2D eigenvalue weighted by Gasteiger charge is 2.19. The van der Waals surface area contributed by atoms with E-state index >= 15 is 0 Å². The van der Waals surface area contributed by atoms with E-state index in [1.807, 2.05) is 12.1 Å². The molecule has 0 aromatic heterocycles. The van der Waals surface area contributed by atoms with Gasteiger partial charge in [0.05, 0.1) is 19.9 Å². The number of anilines is 3. The average molecular weight is 369 g/mol. The highest BCUT2D eigenvalue weighted by atomic mass is 16.5. The van der Waals surface area contributed by atoms with Crippen molar-refractivity contribution in [3.63, 3.8) is 0 Å². The Kier molecular flexibility index (Phi) is 5.80. The summed E-state index contributed by atoms with van der Waals surface area (Å²) in [7, 11) is 3.09. The molecule has 0 saturated carbocycles. The third kappa shape index (κ3) is 4.49. The Hall–Kier alpha value is -3.22. The van der Waals surface area contributed by atoms with Crippen LogP contribution in [0.1, 0.15) is 19.3 Å². The van der Waals surface area contributed by atoms with Crippen molar-refractivity contribution in [2.24, 2.45) is 0 Å². The molecule has 7 nitrogen and oxygen atoms in total. The molecule has 2 aromatic rings. The molecular formula is C20H23N3O4. The maximum absolute atomic E-state index is 12.4. The van der Waals surface area contributed by atoms with Crippen molar-refractivity contribution in [2.75, 3.05) is 36.3 Å². The van der Waals surface area contributed by atoms with Gasteiger partial charge in [-0.15, -0.1) is 0 Å². The minimum atomic E-state index is -0.402. The first kappa shape index (κ1) is 18.6. The smallest absolute Gasteiger partial charge is 0.323 e. The number of rotatable bonds is 5. The second-order valence-electron chi connectivity index (χ2n) is 6.20. The molecule has 3 amide bonds. The van der Waals surface area contributed by atoms with Gasteiger partial charge in [-0.2, -0.15) is 0 Å². The molecule has 1 fully saturated rings. The summed E-state index contributed by atoms with van der Waals surface area (Å²) in [6, 6.07) is 12.0. The first-order valence-electron chi connectivity index (χ1n) is 8.81. The number of amides is 3. The number of carbonyl (C=O) groups excluding carboxylic acids is 2. The Labute approximate surface area is 158 Å². The fourth-order valence-corrected chi connectivity index (χ4v) is 3.02. The van der Waals surface area contributed by atoms with E-state index in [-0.39, 0.29) is 5.91 Å². The Balaban J connectivity index is 1.69. The molecule has 2 N–H and O–H groups in total. The lowest BCUT2D eigenvalue weighted by Gasteiger charge is -2.27. The van der Waals surface area contributed by atoms with Crippen molar-refractivity contribution in [3.8, 4) is 11.5 Å². The molecule has 2 aromatic carbocycles. The van der Waals surface area contributed by atoms with Gasteiger partial charge in [0, 0.05) is 30.4 Å². The van der Waals surface area contributed by atoms with Gasteiger partial charge < -0.3 is 25.0 Å². The molecular weight excluding hydrogens is 346 g/mol. The summed E-state index contributed by atoms with van der Waals surface area (Å²) in [5.74, 6) is 1.25. The number of carbonyl (C=O) groups is 2. The number of hydrogen-bond donors (Lipinski definition) is 2. The van der Waals surface area contributed by atoms with Gasteiger partial charge in [0.25, 0.3) is 0 Å². The lowest BCUT2D eigenvalue weighted by molar-refractivity contribution is -0.119. The summed E-state index contributed by atoms with van der Waals surface area (Å²) in [6.45, 7) is 0.706. The summed E-state index contributed by atoms with van der Waals surface area (Å²) >= 11 is 0. The molecule has 0 aliphatic carbocycles. The van der Waals surface area contributed by atoms with Gasteiger partial charge in [0.15, 0.2) is 0 Å². The van der Waals surface area contributed by atoms with Crippen LogP contribution in [0.15, 0.2) is 42.5 Å². The Morgan fingerprint density at radius 3 is 2.63 bits per heavy atom. The number of methoxy groups -OCH3 is 2. The number of ether oxygens (including phenoxy) is 2. The number of benzene rings is 2. The predicted molar refractivity (Wildman–Crippen MR) is 105 cm³/mol. The van der Waals surface area contributed by atoms with E-state index in [2.05, 4.69) is 10.6 Å². The maximum Gasteiger partial charge on any atom is 0.323 e. The van der Waals surface area contributed by atoms with Crippen molar-refractivity contribution >= 4 is 29.0 Å². The van der Waals surface area contributed by atoms with Crippen molar-refractivity contribution < 1.29 is 19.1 Å². The molecule has 27 heavy (non-hydrogen) atoms. The van der Waals surface area contributed by atoms with Crippen molar-refractivity contribution in [1.82, 2.24) is 0 Å². The minimum Gasteiger partial charge on any atom is -0.497 e. The topological polar surface area (TPSA) is 79.9 Å². The van der Waals surface area contributed by atoms with Crippen LogP contribution in [0.5, 0.6) is 11.5 Å². The minimum absolute atomic E-state index is 0.117. The van der Waals surface area contributed by atoms with Crippen LogP contribution >= 0.6 is 0 Å². The molecule has 1 aliphatic rings. The van der Waals surface area contributed by atoms with Crippen LogP contribution in [-0.2, 0) is 4.79 Å². The first-order valence-corrected chi connectivity index (χ1v) is 8.81. The van der Waals surface area contributed by atoms with E-state index in [1.165, 1.54) is 7.11 Å². The number of urea groups is 1. The van der Waals surface area contributed by atoms with Crippen LogP contribution in [0.4, 0.5) is 21.9 Å². The standard InChI is InChI=1S/C20H23N3O4/c1-26-16-9-10-17(18(13-16)27-2)22-20(25)21-14-6-5-7-15(12-14)23-11-4-3-8-19(23)24/h5-7,9-10,12-13H,3-4,8,11H2,1-2H3,(H2,21,22,25). The predicted octanol–water partition coefficient (Wildman–Crippen LogP) is 3.86. The fourth-order valence-electron chi connectivity index (χ4n) is 3.02. The lowest BCUT2D eigenvalue weighted by atomic mass is 10.1. The highest BCUT2D eigenvalue weighted by molar-refractivity contribution is 6.01. The zero-order valence-electron chi connectivity index (χ0n) is 15.5. The van der Waals surface area contributed by atoms with Gasteiger partial charge in [-0.05, 0) is 43.2 Å². The molecule has 1 aliphatic heterocycles. The molecule has 0 spiro atoms. The van der Waals surface area contributed by atoms with Crippen LogP contribution in [0.25, 0.3) is 0 Å². The van der Waals surface area contributed by atoms with Crippen LogP contribution in [0.3, 0.4) is 0 Å². The molecule has 1 saturated heterocycles. The molecule has 0 atom stereocenters. The molecule has 1 heterocycles. The van der Waals surface area contributed by atoms with E-state index in [9.17, 15) is 9.59 Å². The van der Waals surface area contributed by atoms with Crippen molar-refractivity contribution in [3.05, 3.63) is 42.5 Å². The van der Waals surface area contributed by atoms with E-state index < -0.39 is 6.03 Å². The van der Waals surface area contributed by atoms with Gasteiger partial charge in [-0.1, -0.05) is 6.07 Å². The van der Waals surface area contributed by atoms with Gasteiger partial charge in [-0.25, -0.2) is 4.79 Å². The van der Waals surface area contributed by atoms with Crippen LogP contribution in [-0.4, -0.2) is 32.7 Å². The molecule has 3 rings (SSSR count). The van der Waals surface area contributed by atoms with Crippen LogP contribution in [0, 0.1) is 0 Å². The molecule has 142 valence electrons. The summed E-state index contributed by atoms with van der Waals surface area (Å²) in [4.78, 5) is 26.2. The average Bonchev–Trinajstić information content (AvgIpc) is 2.68. The molecule has 7 heteroatoms. The van der Waals surface area contributed by atoms with Crippen LogP contribution in [0.2, 0.25) is 0 Å². The van der Waals surface area contributed by atoms with Gasteiger partial charge in [0.2, 0.25) is 5.91 Å². The van der Waals surface area contributed by atoms with E-state index in [0.717, 1.165) is 18.5 Å². The quantitative estimate of drug-likeness (QED) is 0.839. The second kappa shape index (κ2) is 8.44. The summed E-state index contributed by atoms with van der Waals surface area (Å²) in [5, 5.41) is 5.55. The largest absolute Gasteiger partial charge is 0.497 e. The Morgan fingerprint density at radius 1 is 1.04 bits per heavy atom. The van der Waals surface area contributed by atoms with Gasteiger partial charge >= 0.3 is 6.03 Å². The third-order valence-electron chi connectivity index (χ3n) is 4.40. The maximum atomic E-state index is 12.4. The SMILES string of the molecule is COc1ccc(NC(=O)Nc2cccc(N3CCCCC3=O)c2)c(OC)c1. The zero-order chi connectivity index (χ0) is 19.2. The Morgan fingerprint density at radius 2 is 1.89 bits per heavy atom. The molecule has 0 bridgehead atoms. The van der Waals surface area contributed by atoms with Crippen LogP contribution < -0.4 is 25.0 Å². The molecule has 0 radical (unpaired) electrons. The van der Waals surface area contributed by atoms with Crippen molar-refractivity contribution in [1.29, 1.82) is 0 Å². The lowest BCUT2D eigenvalue weighted by Crippen LogP contribution is -2.35. The zero-order valence-corrected chi connectivity index (χ0v) is 15.5. The second-order valence-corrected chi connectivity index (χ2v) is 6.20. The number of hydrogen-bond acceptors (Lipinski definition) is 4. The first-order chi connectivity index (χ1) is 13.1. The number of nitrogens with one attached hydrogen (secondary N) is 2. The normalized spacial score (nSPS) is 13.9. The molecule has 0 unspecified atom stereocenters. The van der Waals surface area contributed by atoms with E-state index in [4.69, 9.17) is 9.47 Å². The summed E-state index contributed by atoms with van der Waals surface area (Å²) in [5.41, 5.74) is 1.92. The van der Waals surface area contributed by atoms with Gasteiger partial charge in [-0.3, -0.25) is 4.79 Å². The third-order valence-corrected chi connectivity index (χ3v) is 4.40. The number of nitrogens with zero attached hydrogens (tertiary/aromatic N) is 1. The fraction of sp³-hybridized carbons (Fsp3) is 0.300. The monoisotopic (exact) mass is 369 g/mol. The number of piperidine rings is 1. The van der Waals surface area contributed by atoms with Crippen molar-refractivity contribution in [2.45, 2.75) is 19.3 Å². The van der Waals surface area contributed by atoms with E-state index in [0.29, 0.717) is 35.8 Å².